The van der Waals surface area contributed by atoms with Gasteiger partial charge in [-0.3, -0.25) is 9.69 Å². The molecule has 1 saturated heterocycles. The van der Waals surface area contributed by atoms with Gasteiger partial charge in [0, 0.05) is 39.6 Å². The van der Waals surface area contributed by atoms with E-state index in [0.717, 1.165) is 13.1 Å². The highest BCUT2D eigenvalue weighted by Crippen LogP contribution is 2.15. The van der Waals surface area contributed by atoms with Crippen LogP contribution in [0.2, 0.25) is 0 Å². The minimum Gasteiger partial charge on any atom is -0.488 e. The molecule has 116 valence electrons. The molecule has 1 aromatic carbocycles. The summed E-state index contributed by atoms with van der Waals surface area (Å²) in [5.41, 5.74) is 0. The van der Waals surface area contributed by atoms with Crippen LogP contribution in [0.3, 0.4) is 0 Å². The van der Waals surface area contributed by atoms with E-state index in [9.17, 15) is 14.3 Å². The number of carbonyl (C=O) groups excluding carboxylic acids is 1. The van der Waals surface area contributed by atoms with Gasteiger partial charge in [-0.1, -0.05) is 12.1 Å². The van der Waals surface area contributed by atoms with Crippen molar-refractivity contribution in [3.63, 3.8) is 0 Å². The van der Waals surface area contributed by atoms with Gasteiger partial charge in [-0.25, -0.2) is 4.39 Å². The number of amides is 1. The number of ether oxygens (including phenoxy) is 1. The second-order valence-electron chi connectivity index (χ2n) is 5.20. The van der Waals surface area contributed by atoms with Crippen LogP contribution in [-0.2, 0) is 4.79 Å². The fourth-order valence-corrected chi connectivity index (χ4v) is 2.34. The number of benzene rings is 1. The molecule has 1 unspecified atom stereocenters. The third-order valence-corrected chi connectivity index (χ3v) is 3.55. The molecular formula is C15H21FN2O3. The molecular weight excluding hydrogens is 275 g/mol. The van der Waals surface area contributed by atoms with E-state index in [1.807, 2.05) is 0 Å². The number of carbonyl (C=O) groups is 1. The predicted molar refractivity (Wildman–Crippen MR) is 76.6 cm³/mol. The first-order valence-electron chi connectivity index (χ1n) is 7.09. The van der Waals surface area contributed by atoms with Crippen molar-refractivity contribution in [3.05, 3.63) is 30.1 Å². The molecule has 6 heteroatoms. The van der Waals surface area contributed by atoms with Gasteiger partial charge < -0.3 is 14.7 Å². The molecule has 1 N–H and O–H groups in total. The minimum atomic E-state index is -0.687. The molecule has 21 heavy (non-hydrogen) atoms. The van der Waals surface area contributed by atoms with Gasteiger partial charge in [0.05, 0.1) is 0 Å². The maximum absolute atomic E-state index is 13.4. The van der Waals surface area contributed by atoms with Crippen molar-refractivity contribution in [2.24, 2.45) is 0 Å². The lowest BCUT2D eigenvalue weighted by atomic mass is 10.2. The van der Waals surface area contributed by atoms with E-state index >= 15 is 0 Å². The van der Waals surface area contributed by atoms with Crippen molar-refractivity contribution in [1.29, 1.82) is 0 Å². The summed E-state index contributed by atoms with van der Waals surface area (Å²) in [6.45, 7) is 4.89. The number of aliphatic hydroxyl groups is 1. The average molecular weight is 296 g/mol. The lowest BCUT2D eigenvalue weighted by Crippen LogP contribution is -2.50. The number of β-amino-alcohol motifs (C(OH)–C–C–N with tert-alkyl or cyclic N) is 1. The fraction of sp³-hybridized carbons (Fsp3) is 0.533. The number of halogens is 1. The summed E-state index contributed by atoms with van der Waals surface area (Å²) < 4.78 is 18.6. The van der Waals surface area contributed by atoms with Crippen LogP contribution in [0.5, 0.6) is 5.75 Å². The van der Waals surface area contributed by atoms with Gasteiger partial charge in [-0.15, -0.1) is 0 Å². The molecule has 0 aliphatic carbocycles. The Morgan fingerprint density at radius 3 is 2.62 bits per heavy atom. The van der Waals surface area contributed by atoms with Crippen LogP contribution in [0.15, 0.2) is 24.3 Å². The quantitative estimate of drug-likeness (QED) is 0.870. The van der Waals surface area contributed by atoms with Gasteiger partial charge in [0.25, 0.3) is 0 Å². The SMILES string of the molecule is CC(=O)N1CCN(CC(O)COc2ccccc2F)CC1. The van der Waals surface area contributed by atoms with Crippen molar-refractivity contribution < 1.29 is 19.0 Å². The Hall–Kier alpha value is -1.66. The Balaban J connectivity index is 1.72. The van der Waals surface area contributed by atoms with Crippen molar-refractivity contribution in [2.45, 2.75) is 13.0 Å². The highest BCUT2D eigenvalue weighted by atomic mass is 19.1. The van der Waals surface area contributed by atoms with E-state index in [0.29, 0.717) is 19.6 Å². The normalized spacial score (nSPS) is 17.6. The highest BCUT2D eigenvalue weighted by molar-refractivity contribution is 5.73. The van der Waals surface area contributed by atoms with Gasteiger partial charge in [-0.2, -0.15) is 0 Å². The number of piperazine rings is 1. The number of para-hydroxylation sites is 1. The third kappa shape index (κ3) is 4.68. The number of hydrogen-bond donors (Lipinski definition) is 1. The maximum atomic E-state index is 13.4. The smallest absolute Gasteiger partial charge is 0.219 e. The third-order valence-electron chi connectivity index (χ3n) is 3.55. The molecule has 1 aliphatic rings. The van der Waals surface area contributed by atoms with Gasteiger partial charge in [0.1, 0.15) is 12.7 Å². The zero-order valence-electron chi connectivity index (χ0n) is 12.2. The highest BCUT2D eigenvalue weighted by Gasteiger charge is 2.20. The predicted octanol–water partition coefficient (Wildman–Crippen LogP) is 0.729. The Bertz CT molecular complexity index is 476. The molecule has 0 spiro atoms. The second-order valence-corrected chi connectivity index (χ2v) is 5.20. The Labute approximate surface area is 123 Å². The van der Waals surface area contributed by atoms with E-state index < -0.39 is 11.9 Å². The number of rotatable bonds is 5. The summed E-state index contributed by atoms with van der Waals surface area (Å²) in [7, 11) is 0. The summed E-state index contributed by atoms with van der Waals surface area (Å²) in [5.74, 6) is -0.198. The van der Waals surface area contributed by atoms with Gasteiger partial charge in [-0.05, 0) is 12.1 Å². The fourth-order valence-electron chi connectivity index (χ4n) is 2.34. The zero-order valence-corrected chi connectivity index (χ0v) is 12.2. The standard InChI is InChI=1S/C15H21FN2O3/c1-12(19)18-8-6-17(7-9-18)10-13(20)11-21-15-5-3-2-4-14(15)16/h2-5,13,20H,6-11H2,1H3. The molecule has 2 rings (SSSR count). The van der Waals surface area contributed by atoms with Crippen LogP contribution in [0.25, 0.3) is 0 Å². The molecule has 1 aromatic rings. The van der Waals surface area contributed by atoms with Gasteiger partial charge in [0.2, 0.25) is 5.91 Å². The molecule has 1 atom stereocenters. The Morgan fingerprint density at radius 2 is 2.00 bits per heavy atom. The Morgan fingerprint density at radius 1 is 1.33 bits per heavy atom. The second kappa shape index (κ2) is 7.38. The van der Waals surface area contributed by atoms with Crippen molar-refractivity contribution >= 4 is 5.91 Å². The lowest BCUT2D eigenvalue weighted by molar-refractivity contribution is -0.130. The molecule has 0 aromatic heterocycles. The summed E-state index contributed by atoms with van der Waals surface area (Å²) in [5, 5.41) is 9.96. The molecule has 0 radical (unpaired) electrons. The molecule has 1 amide bonds. The van der Waals surface area contributed by atoms with Crippen molar-refractivity contribution in [2.75, 3.05) is 39.3 Å². The summed E-state index contributed by atoms with van der Waals surface area (Å²) >= 11 is 0. The number of nitrogens with zero attached hydrogens (tertiary/aromatic N) is 2. The van der Waals surface area contributed by atoms with E-state index in [1.165, 1.54) is 12.1 Å². The van der Waals surface area contributed by atoms with Gasteiger partial charge >= 0.3 is 0 Å². The van der Waals surface area contributed by atoms with E-state index in [4.69, 9.17) is 4.74 Å². The Kier molecular flexibility index (Phi) is 5.52. The van der Waals surface area contributed by atoms with Crippen molar-refractivity contribution in [1.82, 2.24) is 9.80 Å². The monoisotopic (exact) mass is 296 g/mol. The van der Waals surface area contributed by atoms with Crippen LogP contribution in [0, 0.1) is 5.82 Å². The van der Waals surface area contributed by atoms with Crippen LogP contribution in [0.4, 0.5) is 4.39 Å². The molecule has 1 aliphatic heterocycles. The first-order valence-corrected chi connectivity index (χ1v) is 7.09. The molecule has 5 nitrogen and oxygen atoms in total. The summed E-state index contributed by atoms with van der Waals surface area (Å²) in [6, 6.07) is 6.13. The van der Waals surface area contributed by atoms with Crippen LogP contribution < -0.4 is 4.74 Å². The molecule has 0 saturated carbocycles. The topological polar surface area (TPSA) is 53.0 Å². The largest absolute Gasteiger partial charge is 0.488 e. The van der Waals surface area contributed by atoms with Crippen LogP contribution >= 0.6 is 0 Å². The minimum absolute atomic E-state index is 0.0495. The first-order chi connectivity index (χ1) is 10.1. The van der Waals surface area contributed by atoms with E-state index in [1.54, 1.807) is 24.0 Å². The average Bonchev–Trinajstić information content (AvgIpc) is 2.47. The number of aliphatic hydroxyl groups excluding tert-OH is 1. The molecule has 1 heterocycles. The first kappa shape index (κ1) is 15.7. The zero-order chi connectivity index (χ0) is 15.2. The lowest BCUT2D eigenvalue weighted by Gasteiger charge is -2.35. The van der Waals surface area contributed by atoms with E-state index in [2.05, 4.69) is 4.90 Å². The van der Waals surface area contributed by atoms with Crippen LogP contribution in [-0.4, -0.2) is 66.2 Å². The van der Waals surface area contributed by atoms with Crippen LogP contribution in [0.1, 0.15) is 6.92 Å². The van der Waals surface area contributed by atoms with Gasteiger partial charge in [0.15, 0.2) is 11.6 Å². The van der Waals surface area contributed by atoms with E-state index in [-0.39, 0.29) is 18.3 Å². The molecule has 1 fully saturated rings. The summed E-state index contributed by atoms with van der Waals surface area (Å²) in [4.78, 5) is 15.1. The summed E-state index contributed by atoms with van der Waals surface area (Å²) in [6.07, 6.45) is -0.687. The number of hydrogen-bond acceptors (Lipinski definition) is 4. The molecule has 0 bridgehead atoms. The van der Waals surface area contributed by atoms with Crippen molar-refractivity contribution in [3.8, 4) is 5.75 Å². The maximum Gasteiger partial charge on any atom is 0.219 e.